The predicted octanol–water partition coefficient (Wildman–Crippen LogP) is 4.14. The van der Waals surface area contributed by atoms with E-state index in [9.17, 15) is 9.59 Å². The average Bonchev–Trinajstić information content (AvgIpc) is 3.63. The van der Waals surface area contributed by atoms with E-state index in [-0.39, 0.29) is 24.5 Å². The minimum Gasteiger partial charge on any atom is -0.375 e. The fourth-order valence-electron chi connectivity index (χ4n) is 4.68. The molecule has 4 heterocycles. The molecule has 3 aromatic heterocycles. The molecule has 5 rings (SSSR count). The summed E-state index contributed by atoms with van der Waals surface area (Å²) >= 11 is 1.57. The van der Waals surface area contributed by atoms with Gasteiger partial charge in [0.1, 0.15) is 17.4 Å². The molecular weight excluding hydrogens is 464 g/mol. The van der Waals surface area contributed by atoms with Crippen LogP contribution in [-0.4, -0.2) is 56.5 Å². The van der Waals surface area contributed by atoms with Gasteiger partial charge >= 0.3 is 0 Å². The van der Waals surface area contributed by atoms with Crippen LogP contribution in [0, 0.1) is 0 Å². The van der Waals surface area contributed by atoms with Gasteiger partial charge in [0, 0.05) is 55.4 Å². The molecule has 180 valence electrons. The van der Waals surface area contributed by atoms with Crippen molar-refractivity contribution in [2.45, 2.75) is 32.4 Å². The number of aromatic nitrogens is 4. The number of nitrogens with zero attached hydrogens (tertiary/aromatic N) is 5. The maximum atomic E-state index is 14.1. The first-order valence-corrected chi connectivity index (χ1v) is 12.4. The summed E-state index contributed by atoms with van der Waals surface area (Å²) in [6.07, 6.45) is 7.04. The van der Waals surface area contributed by atoms with Crippen LogP contribution in [-0.2, 0) is 16.1 Å². The largest absolute Gasteiger partial charge is 0.375 e. The smallest absolute Gasteiger partial charge is 0.256 e. The van der Waals surface area contributed by atoms with Crippen LogP contribution in [0.15, 0.2) is 48.2 Å². The number of likely N-dealkylation sites (tertiary alicyclic amines) is 1. The van der Waals surface area contributed by atoms with Gasteiger partial charge in [0.25, 0.3) is 5.91 Å². The fourth-order valence-corrected chi connectivity index (χ4v) is 5.46. The van der Waals surface area contributed by atoms with Crippen LogP contribution in [0.25, 0.3) is 22.4 Å². The Kier molecular flexibility index (Phi) is 6.56. The molecule has 4 aromatic rings. The molecule has 1 aromatic carbocycles. The van der Waals surface area contributed by atoms with Crippen molar-refractivity contribution in [2.24, 2.45) is 0 Å². The summed E-state index contributed by atoms with van der Waals surface area (Å²) in [6.45, 7) is 3.22. The van der Waals surface area contributed by atoms with Crippen LogP contribution in [0.4, 0.5) is 5.69 Å². The molecule has 2 amide bonds. The lowest BCUT2D eigenvalue weighted by molar-refractivity contribution is -0.119. The molecule has 1 aliphatic heterocycles. The maximum Gasteiger partial charge on any atom is 0.256 e. The average molecular weight is 491 g/mol. The molecule has 0 bridgehead atoms. The van der Waals surface area contributed by atoms with Gasteiger partial charge in [-0.2, -0.15) is 0 Å². The van der Waals surface area contributed by atoms with Crippen molar-refractivity contribution >= 4 is 39.9 Å². The fraction of sp³-hybridized carbons (Fsp3) is 0.320. The second-order valence-electron chi connectivity index (χ2n) is 8.32. The van der Waals surface area contributed by atoms with Crippen LogP contribution in [0.1, 0.15) is 41.2 Å². The van der Waals surface area contributed by atoms with Crippen molar-refractivity contribution in [3.8, 4) is 11.4 Å². The first-order valence-electron chi connectivity index (χ1n) is 11.5. The molecule has 1 fully saturated rings. The van der Waals surface area contributed by atoms with E-state index >= 15 is 0 Å². The number of anilines is 1. The number of carbonyl (C=O) groups excluding carboxylic acids is 2. The number of nitrogens with one attached hydrogen (secondary N) is 1. The Bertz CT molecular complexity index is 1350. The zero-order valence-electron chi connectivity index (χ0n) is 19.6. The maximum absolute atomic E-state index is 14.1. The molecule has 0 radical (unpaired) electrons. The van der Waals surface area contributed by atoms with Gasteiger partial charge in [-0.25, -0.2) is 9.97 Å². The van der Waals surface area contributed by atoms with Crippen LogP contribution >= 0.6 is 11.3 Å². The molecular formula is C25H26N6O3S. The third kappa shape index (κ3) is 4.42. The van der Waals surface area contributed by atoms with Crippen molar-refractivity contribution in [3.63, 3.8) is 0 Å². The number of methoxy groups -OCH3 is 1. The van der Waals surface area contributed by atoms with Gasteiger partial charge in [0.2, 0.25) is 5.91 Å². The highest BCUT2D eigenvalue weighted by Crippen LogP contribution is 2.37. The van der Waals surface area contributed by atoms with Crippen LogP contribution in [0.3, 0.4) is 0 Å². The molecule has 1 saturated heterocycles. The van der Waals surface area contributed by atoms with Crippen LogP contribution in [0.2, 0.25) is 0 Å². The number of pyridine rings is 1. The summed E-state index contributed by atoms with van der Waals surface area (Å²) in [7, 11) is 1.47. The zero-order chi connectivity index (χ0) is 24.4. The Hall–Kier alpha value is -3.63. The summed E-state index contributed by atoms with van der Waals surface area (Å²) in [5.74, 6) is 0.334. The Morgan fingerprint density at radius 3 is 2.89 bits per heavy atom. The summed E-state index contributed by atoms with van der Waals surface area (Å²) in [5, 5.41) is 5.72. The van der Waals surface area contributed by atoms with Gasteiger partial charge in [-0.15, -0.1) is 11.3 Å². The van der Waals surface area contributed by atoms with E-state index < -0.39 is 0 Å². The molecule has 10 heteroatoms. The minimum absolute atomic E-state index is 0.0555. The number of hydrogen-bond acceptors (Lipinski definition) is 7. The number of amides is 2. The Balaban J connectivity index is 1.65. The normalized spacial score (nSPS) is 15.6. The monoisotopic (exact) mass is 490 g/mol. The number of ether oxygens (including phenoxy) is 1. The summed E-state index contributed by atoms with van der Waals surface area (Å²) < 4.78 is 6.99. The highest BCUT2D eigenvalue weighted by molar-refractivity contribution is 7.09. The standard InChI is InChI=1S/C25H26N6O3S/c1-3-30-22-18(25(33)31-10-5-7-20(31)24-27-9-11-35-24)12-17(28-21(32)15-34-2)13-19(22)29-23(30)16-6-4-8-26-14-16/h4,6,8-9,11-14,20H,3,5,7,10,15H2,1-2H3,(H,28,32)/t20-/m1/s1. The topological polar surface area (TPSA) is 102 Å². The lowest BCUT2D eigenvalue weighted by atomic mass is 10.1. The number of carbonyl (C=O) groups is 2. The molecule has 1 atom stereocenters. The van der Waals surface area contributed by atoms with Crippen molar-refractivity contribution in [1.82, 2.24) is 24.4 Å². The molecule has 9 nitrogen and oxygen atoms in total. The van der Waals surface area contributed by atoms with E-state index in [4.69, 9.17) is 9.72 Å². The van der Waals surface area contributed by atoms with E-state index in [0.717, 1.165) is 34.8 Å². The Morgan fingerprint density at radius 1 is 1.29 bits per heavy atom. The number of fused-ring (bicyclic) bond motifs is 1. The quantitative estimate of drug-likeness (QED) is 0.418. The van der Waals surface area contributed by atoms with Gasteiger partial charge in [-0.1, -0.05) is 0 Å². The van der Waals surface area contributed by atoms with E-state index in [1.54, 1.807) is 42.1 Å². The third-order valence-electron chi connectivity index (χ3n) is 6.12. The molecule has 0 unspecified atom stereocenters. The molecule has 0 spiro atoms. The van der Waals surface area contributed by atoms with Gasteiger partial charge in [0.15, 0.2) is 0 Å². The molecule has 0 aliphatic carbocycles. The van der Waals surface area contributed by atoms with Crippen LogP contribution < -0.4 is 5.32 Å². The number of benzene rings is 1. The lowest BCUT2D eigenvalue weighted by Gasteiger charge is -2.24. The van der Waals surface area contributed by atoms with E-state index in [2.05, 4.69) is 15.3 Å². The lowest BCUT2D eigenvalue weighted by Crippen LogP contribution is -2.31. The molecule has 35 heavy (non-hydrogen) atoms. The second kappa shape index (κ2) is 9.93. The van der Waals surface area contributed by atoms with Crippen molar-refractivity contribution in [2.75, 3.05) is 25.6 Å². The minimum atomic E-state index is -0.297. The highest BCUT2D eigenvalue weighted by atomic mass is 32.1. The third-order valence-corrected chi connectivity index (χ3v) is 6.99. The first-order chi connectivity index (χ1) is 17.1. The van der Waals surface area contributed by atoms with Crippen LogP contribution in [0.5, 0.6) is 0 Å². The number of aryl methyl sites for hydroxylation is 1. The van der Waals surface area contributed by atoms with Gasteiger partial charge in [-0.05, 0) is 44.0 Å². The van der Waals surface area contributed by atoms with E-state index in [0.29, 0.717) is 29.9 Å². The van der Waals surface area contributed by atoms with E-state index in [1.165, 1.54) is 7.11 Å². The Labute approximate surface area is 206 Å². The Morgan fingerprint density at radius 2 is 2.17 bits per heavy atom. The van der Waals surface area contributed by atoms with Crippen molar-refractivity contribution in [3.05, 3.63) is 58.8 Å². The summed E-state index contributed by atoms with van der Waals surface area (Å²) in [4.78, 5) is 41.8. The first kappa shape index (κ1) is 23.1. The molecule has 1 N–H and O–H groups in total. The van der Waals surface area contributed by atoms with Gasteiger partial charge < -0.3 is 19.5 Å². The highest BCUT2D eigenvalue weighted by Gasteiger charge is 2.34. The number of rotatable bonds is 7. The predicted molar refractivity (Wildman–Crippen MR) is 134 cm³/mol. The van der Waals surface area contributed by atoms with Gasteiger partial charge in [0.05, 0.1) is 22.6 Å². The number of thiazole rings is 1. The number of imidazole rings is 1. The molecule has 0 saturated carbocycles. The number of hydrogen-bond donors (Lipinski definition) is 1. The SMILES string of the molecule is CCn1c(-c2cccnc2)nc2cc(NC(=O)COC)cc(C(=O)N3CCC[C@@H]3c3nccs3)c21. The summed E-state index contributed by atoms with van der Waals surface area (Å²) in [5.41, 5.74) is 3.24. The van der Waals surface area contributed by atoms with Crippen molar-refractivity contribution < 1.29 is 14.3 Å². The van der Waals surface area contributed by atoms with Crippen molar-refractivity contribution in [1.29, 1.82) is 0 Å². The zero-order valence-corrected chi connectivity index (χ0v) is 20.4. The second-order valence-corrected chi connectivity index (χ2v) is 9.25. The van der Waals surface area contributed by atoms with Gasteiger partial charge in [-0.3, -0.25) is 14.6 Å². The van der Waals surface area contributed by atoms with E-state index in [1.807, 2.05) is 33.9 Å². The summed E-state index contributed by atoms with van der Waals surface area (Å²) in [6, 6.07) is 7.30. The molecule has 1 aliphatic rings.